The zero-order valence-electron chi connectivity index (χ0n) is 7.67. The Labute approximate surface area is 73.8 Å². The van der Waals surface area contributed by atoms with Gasteiger partial charge in [-0.2, -0.15) is 0 Å². The first kappa shape index (κ1) is 7.66. The van der Waals surface area contributed by atoms with E-state index in [1.54, 1.807) is 0 Å². The topological polar surface area (TPSA) is 12.0 Å². The number of rotatable bonds is 0. The Morgan fingerprint density at radius 3 is 2.83 bits per heavy atom. The molecule has 0 saturated heterocycles. The van der Waals surface area contributed by atoms with E-state index in [0.717, 1.165) is 0 Å². The molecule has 1 aliphatic rings. The maximum absolute atomic E-state index is 3.49. The summed E-state index contributed by atoms with van der Waals surface area (Å²) in [6.45, 7) is 4.54. The van der Waals surface area contributed by atoms with E-state index < -0.39 is 0 Å². The van der Waals surface area contributed by atoms with Gasteiger partial charge in [-0.15, -0.1) is 0 Å². The lowest BCUT2D eigenvalue weighted by molar-refractivity contribution is 0.590. The third-order valence-corrected chi connectivity index (χ3v) is 2.60. The Balaban J connectivity index is 2.40. The van der Waals surface area contributed by atoms with E-state index in [-0.39, 0.29) is 0 Å². The van der Waals surface area contributed by atoms with E-state index >= 15 is 0 Å². The van der Waals surface area contributed by atoms with Gasteiger partial charge in [-0.25, -0.2) is 0 Å². The second-order valence-electron chi connectivity index (χ2n) is 3.77. The molecule has 1 heterocycles. The molecule has 1 aliphatic heterocycles. The first-order chi connectivity index (χ1) is 5.77. The lowest BCUT2D eigenvalue weighted by Gasteiger charge is -2.28. The zero-order chi connectivity index (χ0) is 8.55. The smallest absolute Gasteiger partial charge is 0.0377 e. The fourth-order valence-corrected chi connectivity index (χ4v) is 2.04. The van der Waals surface area contributed by atoms with Gasteiger partial charge in [0.25, 0.3) is 0 Å². The molecule has 2 rings (SSSR count). The minimum Gasteiger partial charge on any atom is -0.382 e. The number of hydrogen-bond acceptors (Lipinski definition) is 1. The van der Waals surface area contributed by atoms with Crippen LogP contribution >= 0.6 is 0 Å². The molecular weight excluding hydrogens is 146 g/mol. The van der Waals surface area contributed by atoms with Crippen LogP contribution in [0.15, 0.2) is 24.3 Å². The summed E-state index contributed by atoms with van der Waals surface area (Å²) in [5.74, 6) is 0.706. The fourth-order valence-electron chi connectivity index (χ4n) is 2.04. The van der Waals surface area contributed by atoms with Crippen molar-refractivity contribution in [3.8, 4) is 0 Å². The zero-order valence-corrected chi connectivity index (χ0v) is 7.67. The molecule has 0 spiro atoms. The van der Waals surface area contributed by atoms with Crippen LogP contribution in [0.1, 0.15) is 31.7 Å². The molecule has 12 heavy (non-hydrogen) atoms. The van der Waals surface area contributed by atoms with E-state index in [0.29, 0.717) is 12.0 Å². The minimum atomic E-state index is 0.620. The van der Waals surface area contributed by atoms with Gasteiger partial charge in [0, 0.05) is 11.7 Å². The Morgan fingerprint density at radius 2 is 2.00 bits per heavy atom. The average molecular weight is 161 g/mol. The molecule has 0 aliphatic carbocycles. The average Bonchev–Trinajstić information content (AvgIpc) is 2.04. The molecule has 1 nitrogen and oxygen atoms in total. The first-order valence-corrected chi connectivity index (χ1v) is 4.63. The van der Waals surface area contributed by atoms with Gasteiger partial charge in [-0.3, -0.25) is 0 Å². The van der Waals surface area contributed by atoms with Crippen molar-refractivity contribution in [3.05, 3.63) is 29.8 Å². The number of para-hydroxylation sites is 1. The van der Waals surface area contributed by atoms with Gasteiger partial charge in [0.1, 0.15) is 0 Å². The van der Waals surface area contributed by atoms with E-state index in [1.807, 2.05) is 0 Å². The quantitative estimate of drug-likeness (QED) is 0.616. The van der Waals surface area contributed by atoms with Crippen molar-refractivity contribution in [2.24, 2.45) is 0 Å². The molecule has 0 fully saturated rings. The monoisotopic (exact) mass is 161 g/mol. The van der Waals surface area contributed by atoms with Crippen LogP contribution in [-0.4, -0.2) is 6.04 Å². The van der Waals surface area contributed by atoms with Crippen LogP contribution in [0.25, 0.3) is 0 Å². The number of nitrogens with one attached hydrogen (secondary N) is 1. The van der Waals surface area contributed by atoms with Gasteiger partial charge < -0.3 is 5.32 Å². The molecule has 1 aromatic carbocycles. The van der Waals surface area contributed by atoms with E-state index in [1.165, 1.54) is 17.7 Å². The summed E-state index contributed by atoms with van der Waals surface area (Å²) < 4.78 is 0. The molecule has 0 unspecified atom stereocenters. The van der Waals surface area contributed by atoms with Crippen molar-refractivity contribution >= 4 is 5.69 Å². The standard InChI is InChI=1S/C11H15N/c1-8-7-9(2)12-11-6-4-3-5-10(8)11/h3-6,8-9,12H,7H2,1-2H3/t8-,9-/m1/s1. The van der Waals surface area contributed by atoms with Gasteiger partial charge in [0.2, 0.25) is 0 Å². The SMILES string of the molecule is C[C@@H]1C[C@@H](C)c2ccccc2N1. The maximum atomic E-state index is 3.49. The summed E-state index contributed by atoms with van der Waals surface area (Å²) in [4.78, 5) is 0. The molecule has 1 aromatic rings. The number of anilines is 1. The van der Waals surface area contributed by atoms with Crippen LogP contribution in [0.5, 0.6) is 0 Å². The first-order valence-electron chi connectivity index (χ1n) is 4.63. The highest BCUT2D eigenvalue weighted by Crippen LogP contribution is 2.33. The number of hydrogen-bond donors (Lipinski definition) is 1. The summed E-state index contributed by atoms with van der Waals surface area (Å²) in [7, 11) is 0. The van der Waals surface area contributed by atoms with Gasteiger partial charge in [-0.1, -0.05) is 25.1 Å². The van der Waals surface area contributed by atoms with Gasteiger partial charge >= 0.3 is 0 Å². The molecule has 0 bridgehead atoms. The molecular formula is C11H15N. The predicted molar refractivity (Wildman–Crippen MR) is 52.6 cm³/mol. The van der Waals surface area contributed by atoms with Crippen molar-refractivity contribution in [3.63, 3.8) is 0 Å². The van der Waals surface area contributed by atoms with E-state index in [9.17, 15) is 0 Å². The Morgan fingerprint density at radius 1 is 1.25 bits per heavy atom. The highest BCUT2D eigenvalue weighted by Gasteiger charge is 2.19. The fraction of sp³-hybridized carbons (Fsp3) is 0.455. The molecule has 1 heteroatoms. The van der Waals surface area contributed by atoms with Gasteiger partial charge in [-0.05, 0) is 30.9 Å². The van der Waals surface area contributed by atoms with Crippen molar-refractivity contribution in [1.29, 1.82) is 0 Å². The van der Waals surface area contributed by atoms with Crippen molar-refractivity contribution in [1.82, 2.24) is 0 Å². The number of fused-ring (bicyclic) bond motifs is 1. The Kier molecular flexibility index (Phi) is 1.80. The maximum Gasteiger partial charge on any atom is 0.0377 e. The lowest BCUT2D eigenvalue weighted by atomic mass is 9.89. The van der Waals surface area contributed by atoms with Crippen LogP contribution in [0.3, 0.4) is 0 Å². The predicted octanol–water partition coefficient (Wildman–Crippen LogP) is 2.99. The van der Waals surface area contributed by atoms with Gasteiger partial charge in [0.05, 0.1) is 0 Å². The lowest BCUT2D eigenvalue weighted by Crippen LogP contribution is -2.23. The van der Waals surface area contributed by atoms with Gasteiger partial charge in [0.15, 0.2) is 0 Å². The molecule has 0 radical (unpaired) electrons. The van der Waals surface area contributed by atoms with Crippen LogP contribution in [0.4, 0.5) is 5.69 Å². The second kappa shape index (κ2) is 2.81. The normalized spacial score (nSPS) is 27.5. The van der Waals surface area contributed by atoms with Crippen LogP contribution in [0, 0.1) is 0 Å². The third-order valence-electron chi connectivity index (χ3n) is 2.60. The number of benzene rings is 1. The highest BCUT2D eigenvalue weighted by molar-refractivity contribution is 5.55. The summed E-state index contributed by atoms with van der Waals surface area (Å²) in [5, 5.41) is 3.49. The Bertz CT molecular complexity index is 280. The summed E-state index contributed by atoms with van der Waals surface area (Å²) in [6, 6.07) is 9.22. The van der Waals surface area contributed by atoms with Crippen molar-refractivity contribution in [2.75, 3.05) is 5.32 Å². The molecule has 0 amide bonds. The van der Waals surface area contributed by atoms with Crippen molar-refractivity contribution in [2.45, 2.75) is 32.2 Å². The molecule has 1 N–H and O–H groups in total. The highest BCUT2D eigenvalue weighted by atomic mass is 14.9. The van der Waals surface area contributed by atoms with Crippen LogP contribution in [-0.2, 0) is 0 Å². The van der Waals surface area contributed by atoms with E-state index in [2.05, 4.69) is 43.4 Å². The molecule has 64 valence electrons. The van der Waals surface area contributed by atoms with Crippen LogP contribution < -0.4 is 5.32 Å². The minimum absolute atomic E-state index is 0.620. The Hall–Kier alpha value is -0.980. The summed E-state index contributed by atoms with van der Waals surface area (Å²) in [5.41, 5.74) is 2.79. The molecule has 2 atom stereocenters. The summed E-state index contributed by atoms with van der Waals surface area (Å²) in [6.07, 6.45) is 1.25. The largest absolute Gasteiger partial charge is 0.382 e. The van der Waals surface area contributed by atoms with Crippen molar-refractivity contribution < 1.29 is 0 Å². The van der Waals surface area contributed by atoms with Crippen LogP contribution in [0.2, 0.25) is 0 Å². The van der Waals surface area contributed by atoms with E-state index in [4.69, 9.17) is 0 Å². The molecule has 0 aromatic heterocycles. The second-order valence-corrected chi connectivity index (χ2v) is 3.77. The molecule has 0 saturated carbocycles. The summed E-state index contributed by atoms with van der Waals surface area (Å²) >= 11 is 0. The third kappa shape index (κ3) is 1.20.